The Labute approximate surface area is 95.3 Å². The highest BCUT2D eigenvalue weighted by molar-refractivity contribution is 5.86. The number of benzene rings is 1. The van der Waals surface area contributed by atoms with E-state index in [0.717, 1.165) is 22.2 Å². The average Bonchev–Trinajstić information content (AvgIpc) is 2.55. The number of hydrogen-bond donors (Lipinski definition) is 1. The molecule has 3 nitrogen and oxygen atoms in total. The highest BCUT2D eigenvalue weighted by Crippen LogP contribution is 2.31. The van der Waals surface area contributed by atoms with Crippen molar-refractivity contribution in [1.82, 2.24) is 4.57 Å². The summed E-state index contributed by atoms with van der Waals surface area (Å²) in [5, 5.41) is 11.1. The number of aromatic nitrogens is 1. The fourth-order valence-electron chi connectivity index (χ4n) is 1.98. The quantitative estimate of drug-likeness (QED) is 0.841. The summed E-state index contributed by atoms with van der Waals surface area (Å²) in [6, 6.07) is 5.88. The van der Waals surface area contributed by atoms with Gasteiger partial charge in [-0.1, -0.05) is 0 Å². The van der Waals surface area contributed by atoms with Crippen molar-refractivity contribution < 1.29 is 9.84 Å². The Bertz CT molecular complexity index is 520. The number of aliphatic hydroxyl groups is 1. The topological polar surface area (TPSA) is 34.4 Å². The summed E-state index contributed by atoms with van der Waals surface area (Å²) >= 11 is 0. The van der Waals surface area contributed by atoms with Gasteiger partial charge in [0.15, 0.2) is 0 Å². The monoisotopic (exact) mass is 219 g/mol. The van der Waals surface area contributed by atoms with Crippen LogP contribution in [0.3, 0.4) is 0 Å². The van der Waals surface area contributed by atoms with Gasteiger partial charge in [0.05, 0.1) is 18.2 Å². The van der Waals surface area contributed by atoms with E-state index in [-0.39, 0.29) is 0 Å². The number of aryl methyl sites for hydroxylation is 1. The maximum absolute atomic E-state index is 10.1. The average molecular weight is 219 g/mol. The lowest BCUT2D eigenvalue weighted by molar-refractivity contribution is 0.0800. The molecule has 0 fully saturated rings. The number of fused-ring (bicyclic) bond motifs is 1. The van der Waals surface area contributed by atoms with Crippen LogP contribution in [0.4, 0.5) is 0 Å². The van der Waals surface area contributed by atoms with E-state index in [1.165, 1.54) is 0 Å². The molecule has 0 radical (unpaired) electrons. The Morgan fingerprint density at radius 1 is 1.31 bits per heavy atom. The van der Waals surface area contributed by atoms with E-state index in [1.54, 1.807) is 21.0 Å². The van der Waals surface area contributed by atoms with Gasteiger partial charge in [0.25, 0.3) is 0 Å². The highest BCUT2D eigenvalue weighted by Gasteiger charge is 2.21. The Hall–Kier alpha value is -1.48. The van der Waals surface area contributed by atoms with Crippen molar-refractivity contribution in [2.45, 2.75) is 19.4 Å². The van der Waals surface area contributed by atoms with E-state index in [9.17, 15) is 5.11 Å². The van der Waals surface area contributed by atoms with Gasteiger partial charge in [-0.3, -0.25) is 0 Å². The molecule has 86 valence electrons. The second kappa shape index (κ2) is 3.52. The zero-order valence-electron chi connectivity index (χ0n) is 10.1. The van der Waals surface area contributed by atoms with Gasteiger partial charge in [0.2, 0.25) is 0 Å². The van der Waals surface area contributed by atoms with Gasteiger partial charge in [-0.05, 0) is 26.0 Å². The van der Waals surface area contributed by atoms with Gasteiger partial charge in [-0.25, -0.2) is 0 Å². The molecular weight excluding hydrogens is 202 g/mol. The Balaban J connectivity index is 2.72. The molecule has 1 aromatic heterocycles. The molecule has 0 unspecified atom stereocenters. The number of hydrogen-bond acceptors (Lipinski definition) is 2. The largest absolute Gasteiger partial charge is 0.497 e. The molecule has 0 aliphatic carbocycles. The Morgan fingerprint density at radius 2 is 2.00 bits per heavy atom. The third kappa shape index (κ3) is 1.67. The number of methoxy groups -OCH3 is 1. The van der Waals surface area contributed by atoms with E-state index < -0.39 is 5.60 Å². The van der Waals surface area contributed by atoms with Crippen LogP contribution in [0.5, 0.6) is 5.75 Å². The molecule has 3 heteroatoms. The van der Waals surface area contributed by atoms with Crippen molar-refractivity contribution >= 4 is 10.9 Å². The molecule has 16 heavy (non-hydrogen) atoms. The Kier molecular flexibility index (Phi) is 2.43. The first-order valence-corrected chi connectivity index (χ1v) is 5.29. The van der Waals surface area contributed by atoms with Gasteiger partial charge in [-0.15, -0.1) is 0 Å². The van der Waals surface area contributed by atoms with Crippen molar-refractivity contribution in [3.05, 3.63) is 30.0 Å². The third-order valence-electron chi connectivity index (χ3n) is 2.86. The fraction of sp³-hybridized carbons (Fsp3) is 0.385. The normalized spacial score (nSPS) is 12.1. The number of rotatable bonds is 2. The van der Waals surface area contributed by atoms with Gasteiger partial charge in [0, 0.05) is 30.3 Å². The Morgan fingerprint density at radius 3 is 2.56 bits per heavy atom. The molecule has 2 aromatic rings. The van der Waals surface area contributed by atoms with Crippen molar-refractivity contribution in [3.8, 4) is 5.75 Å². The van der Waals surface area contributed by atoms with E-state index >= 15 is 0 Å². The molecule has 0 aliphatic heterocycles. The molecule has 1 aromatic carbocycles. The second-order valence-electron chi connectivity index (χ2n) is 4.60. The first-order chi connectivity index (χ1) is 7.43. The van der Waals surface area contributed by atoms with E-state index in [0.29, 0.717) is 0 Å². The highest BCUT2D eigenvalue weighted by atomic mass is 16.5. The van der Waals surface area contributed by atoms with E-state index in [2.05, 4.69) is 0 Å². The van der Waals surface area contributed by atoms with Crippen molar-refractivity contribution in [3.63, 3.8) is 0 Å². The summed E-state index contributed by atoms with van der Waals surface area (Å²) in [5.74, 6) is 0.830. The molecule has 1 heterocycles. The van der Waals surface area contributed by atoms with E-state index in [1.807, 2.05) is 36.0 Å². The standard InChI is InChI=1S/C13H17NO2/c1-13(2,15)11-8-14(3)12-7-9(16-4)5-6-10(11)12/h5-8,15H,1-4H3. The molecular formula is C13H17NO2. The number of nitrogens with zero attached hydrogens (tertiary/aromatic N) is 1. The molecule has 0 aliphatic rings. The van der Waals surface area contributed by atoms with Gasteiger partial charge >= 0.3 is 0 Å². The first-order valence-electron chi connectivity index (χ1n) is 5.29. The van der Waals surface area contributed by atoms with Crippen LogP contribution < -0.4 is 4.74 Å². The summed E-state index contributed by atoms with van der Waals surface area (Å²) in [6.07, 6.45) is 1.96. The molecule has 0 saturated heterocycles. The summed E-state index contributed by atoms with van der Waals surface area (Å²) in [7, 11) is 3.62. The first kappa shape index (κ1) is 11.0. The molecule has 0 atom stereocenters. The predicted molar refractivity (Wildman–Crippen MR) is 64.7 cm³/mol. The zero-order valence-corrected chi connectivity index (χ0v) is 10.1. The van der Waals surface area contributed by atoms with Crippen molar-refractivity contribution in [2.75, 3.05) is 7.11 Å². The second-order valence-corrected chi connectivity index (χ2v) is 4.60. The molecule has 0 amide bonds. The lowest BCUT2D eigenvalue weighted by Gasteiger charge is -2.16. The minimum Gasteiger partial charge on any atom is -0.497 e. The summed E-state index contributed by atoms with van der Waals surface area (Å²) < 4.78 is 7.20. The SMILES string of the molecule is COc1ccc2c(C(C)(C)O)cn(C)c2c1. The minimum atomic E-state index is -0.825. The van der Waals surface area contributed by atoms with Crippen LogP contribution in [0.1, 0.15) is 19.4 Å². The van der Waals surface area contributed by atoms with Crippen LogP contribution >= 0.6 is 0 Å². The maximum Gasteiger partial charge on any atom is 0.120 e. The lowest BCUT2D eigenvalue weighted by atomic mass is 9.98. The molecule has 2 rings (SSSR count). The van der Waals surface area contributed by atoms with Crippen molar-refractivity contribution in [2.24, 2.45) is 7.05 Å². The van der Waals surface area contributed by atoms with Crippen LogP contribution in [-0.2, 0) is 12.6 Å². The summed E-state index contributed by atoms with van der Waals surface area (Å²) in [4.78, 5) is 0. The van der Waals surface area contributed by atoms with Gasteiger partial charge in [-0.2, -0.15) is 0 Å². The minimum absolute atomic E-state index is 0.825. The molecule has 0 saturated carbocycles. The van der Waals surface area contributed by atoms with Crippen LogP contribution in [0.2, 0.25) is 0 Å². The van der Waals surface area contributed by atoms with Crippen LogP contribution in [0.15, 0.2) is 24.4 Å². The van der Waals surface area contributed by atoms with Crippen LogP contribution in [0, 0.1) is 0 Å². The van der Waals surface area contributed by atoms with Gasteiger partial charge in [0.1, 0.15) is 5.75 Å². The van der Waals surface area contributed by atoms with Gasteiger partial charge < -0.3 is 14.4 Å². The van der Waals surface area contributed by atoms with Crippen LogP contribution in [0.25, 0.3) is 10.9 Å². The predicted octanol–water partition coefficient (Wildman–Crippen LogP) is 2.41. The lowest BCUT2D eigenvalue weighted by Crippen LogP contribution is -2.14. The third-order valence-corrected chi connectivity index (χ3v) is 2.86. The fourth-order valence-corrected chi connectivity index (χ4v) is 1.98. The summed E-state index contributed by atoms with van der Waals surface area (Å²) in [6.45, 7) is 3.60. The van der Waals surface area contributed by atoms with Crippen molar-refractivity contribution in [1.29, 1.82) is 0 Å². The maximum atomic E-state index is 10.1. The molecule has 0 spiro atoms. The number of ether oxygens (including phenoxy) is 1. The smallest absolute Gasteiger partial charge is 0.120 e. The molecule has 1 N–H and O–H groups in total. The van der Waals surface area contributed by atoms with E-state index in [4.69, 9.17) is 4.74 Å². The summed E-state index contributed by atoms with van der Waals surface area (Å²) in [5.41, 5.74) is 1.18. The molecule has 0 bridgehead atoms. The zero-order chi connectivity index (χ0) is 11.9. The van der Waals surface area contributed by atoms with Crippen LogP contribution in [-0.4, -0.2) is 16.8 Å².